The van der Waals surface area contributed by atoms with Crippen molar-refractivity contribution in [1.29, 1.82) is 0 Å². The molecule has 0 saturated heterocycles. The molecule has 0 aliphatic carbocycles. The number of halogens is 1. The molecule has 1 atom stereocenters. The number of aliphatic hydroxyl groups excluding tert-OH is 1. The molecular formula is C13H11BrO3S. The van der Waals surface area contributed by atoms with E-state index in [9.17, 15) is 9.90 Å². The molecule has 0 radical (unpaired) electrons. The summed E-state index contributed by atoms with van der Waals surface area (Å²) in [6.45, 7) is 1.94. The lowest BCUT2D eigenvalue weighted by molar-refractivity contribution is 0.0691. The Morgan fingerprint density at radius 3 is 2.61 bits per heavy atom. The topological polar surface area (TPSA) is 57.5 Å². The van der Waals surface area contributed by atoms with Gasteiger partial charge in [-0.15, -0.1) is 11.3 Å². The monoisotopic (exact) mass is 326 g/mol. The molecule has 18 heavy (non-hydrogen) atoms. The molecule has 2 N–H and O–H groups in total. The van der Waals surface area contributed by atoms with Crippen LogP contribution in [0, 0.1) is 6.92 Å². The predicted octanol–water partition coefficient (Wildman–Crippen LogP) is 3.60. The molecular weight excluding hydrogens is 316 g/mol. The van der Waals surface area contributed by atoms with E-state index in [0.29, 0.717) is 5.56 Å². The van der Waals surface area contributed by atoms with Crippen molar-refractivity contribution >= 4 is 33.2 Å². The molecule has 0 bridgehead atoms. The van der Waals surface area contributed by atoms with E-state index in [4.69, 9.17) is 5.11 Å². The first-order valence-corrected chi connectivity index (χ1v) is 6.87. The summed E-state index contributed by atoms with van der Waals surface area (Å²) in [4.78, 5) is 12.9. The number of hydrogen-bond donors (Lipinski definition) is 2. The Balaban J connectivity index is 2.45. The van der Waals surface area contributed by atoms with Crippen molar-refractivity contribution in [1.82, 2.24) is 0 Å². The van der Waals surface area contributed by atoms with Crippen LogP contribution in [0.4, 0.5) is 0 Å². The summed E-state index contributed by atoms with van der Waals surface area (Å²) in [5.74, 6) is -1.03. The Morgan fingerprint density at radius 2 is 2.06 bits per heavy atom. The second-order valence-electron chi connectivity index (χ2n) is 3.85. The lowest BCUT2D eigenvalue weighted by Gasteiger charge is -2.11. The number of thiophene rings is 1. The molecule has 1 aromatic heterocycles. The second kappa shape index (κ2) is 5.22. The molecule has 1 unspecified atom stereocenters. The number of carboxylic acid groups (broad SMARTS) is 1. The smallest absolute Gasteiger partial charge is 0.336 e. The average Bonchev–Trinajstić information content (AvgIpc) is 2.68. The van der Waals surface area contributed by atoms with E-state index >= 15 is 0 Å². The van der Waals surface area contributed by atoms with E-state index in [-0.39, 0.29) is 5.56 Å². The van der Waals surface area contributed by atoms with E-state index in [1.807, 2.05) is 13.0 Å². The van der Waals surface area contributed by atoms with Crippen LogP contribution in [0.5, 0.6) is 0 Å². The molecule has 0 amide bonds. The molecule has 1 aromatic carbocycles. The van der Waals surface area contributed by atoms with Crippen molar-refractivity contribution in [2.45, 2.75) is 13.0 Å². The van der Waals surface area contributed by atoms with Crippen molar-refractivity contribution in [2.75, 3.05) is 0 Å². The van der Waals surface area contributed by atoms with Gasteiger partial charge < -0.3 is 10.2 Å². The number of carbonyl (C=O) groups is 1. The van der Waals surface area contributed by atoms with Crippen molar-refractivity contribution in [3.63, 3.8) is 0 Å². The zero-order valence-electron chi connectivity index (χ0n) is 9.55. The Morgan fingerprint density at radius 1 is 1.39 bits per heavy atom. The highest BCUT2D eigenvalue weighted by Crippen LogP contribution is 2.34. The van der Waals surface area contributed by atoms with Crippen LogP contribution in [0.3, 0.4) is 0 Å². The zero-order valence-corrected chi connectivity index (χ0v) is 12.0. The Kier molecular flexibility index (Phi) is 3.85. The van der Waals surface area contributed by atoms with Crippen LogP contribution in [0.15, 0.2) is 34.8 Å². The molecule has 2 rings (SSSR count). The van der Waals surface area contributed by atoms with Gasteiger partial charge >= 0.3 is 5.97 Å². The highest BCUT2D eigenvalue weighted by Gasteiger charge is 2.20. The number of rotatable bonds is 3. The highest BCUT2D eigenvalue weighted by atomic mass is 79.9. The fraction of sp³-hybridized carbons (Fsp3) is 0.154. The third kappa shape index (κ3) is 2.48. The maximum Gasteiger partial charge on any atom is 0.336 e. The molecule has 2 aromatic rings. The Bertz CT molecular complexity index is 572. The molecule has 94 valence electrons. The van der Waals surface area contributed by atoms with Crippen LogP contribution in [0.25, 0.3) is 0 Å². The first-order valence-electron chi connectivity index (χ1n) is 5.27. The summed E-state index contributed by atoms with van der Waals surface area (Å²) < 4.78 is 0.925. The van der Waals surface area contributed by atoms with Crippen LogP contribution in [0.1, 0.15) is 31.8 Å². The fourth-order valence-corrected chi connectivity index (χ4v) is 3.27. The van der Waals surface area contributed by atoms with E-state index in [0.717, 1.165) is 14.2 Å². The third-order valence-electron chi connectivity index (χ3n) is 2.63. The fourth-order valence-electron chi connectivity index (χ4n) is 1.70. The summed E-state index contributed by atoms with van der Waals surface area (Å²) in [7, 11) is 0. The van der Waals surface area contributed by atoms with Gasteiger partial charge in [0, 0.05) is 19.8 Å². The number of aryl methyl sites for hydroxylation is 1. The van der Waals surface area contributed by atoms with E-state index < -0.39 is 12.1 Å². The van der Waals surface area contributed by atoms with Crippen molar-refractivity contribution in [2.24, 2.45) is 0 Å². The van der Waals surface area contributed by atoms with Crippen molar-refractivity contribution < 1.29 is 15.0 Å². The molecule has 0 saturated carbocycles. The van der Waals surface area contributed by atoms with Crippen LogP contribution in [-0.2, 0) is 0 Å². The average molecular weight is 327 g/mol. The van der Waals surface area contributed by atoms with Gasteiger partial charge in [0.1, 0.15) is 6.10 Å². The number of benzene rings is 1. The summed E-state index contributed by atoms with van der Waals surface area (Å²) >= 11 is 4.84. The molecule has 3 nitrogen and oxygen atoms in total. The normalized spacial score (nSPS) is 12.4. The maximum absolute atomic E-state index is 11.1. The summed E-state index contributed by atoms with van der Waals surface area (Å²) in [6.07, 6.45) is -0.910. The summed E-state index contributed by atoms with van der Waals surface area (Å²) in [5.41, 5.74) is 0.547. The largest absolute Gasteiger partial charge is 0.478 e. The SMILES string of the molecule is Cc1sc(C(O)c2ccccc2C(=O)O)cc1Br. The van der Waals surface area contributed by atoms with E-state index in [2.05, 4.69) is 15.9 Å². The molecule has 0 spiro atoms. The summed E-state index contributed by atoms with van der Waals surface area (Å²) in [5, 5.41) is 19.4. The van der Waals surface area contributed by atoms with Gasteiger partial charge in [0.05, 0.1) is 5.56 Å². The lowest BCUT2D eigenvalue weighted by Crippen LogP contribution is -2.07. The first-order chi connectivity index (χ1) is 8.50. The minimum absolute atomic E-state index is 0.132. The van der Waals surface area contributed by atoms with Crippen LogP contribution in [-0.4, -0.2) is 16.2 Å². The predicted molar refractivity (Wildman–Crippen MR) is 74.2 cm³/mol. The molecule has 0 aliphatic heterocycles. The number of aliphatic hydroxyl groups is 1. The molecule has 1 heterocycles. The van der Waals surface area contributed by atoms with Gasteiger partial charge in [0.15, 0.2) is 0 Å². The minimum atomic E-state index is -1.03. The van der Waals surface area contributed by atoms with Gasteiger partial charge in [-0.1, -0.05) is 18.2 Å². The zero-order chi connectivity index (χ0) is 13.3. The summed E-state index contributed by atoms with van der Waals surface area (Å²) in [6, 6.07) is 8.33. The molecule has 5 heteroatoms. The van der Waals surface area contributed by atoms with Crippen LogP contribution in [0.2, 0.25) is 0 Å². The van der Waals surface area contributed by atoms with Gasteiger partial charge in [-0.05, 0) is 35.0 Å². The van der Waals surface area contributed by atoms with E-state index in [1.165, 1.54) is 17.4 Å². The van der Waals surface area contributed by atoms with Crippen LogP contribution < -0.4 is 0 Å². The lowest BCUT2D eigenvalue weighted by atomic mass is 10.0. The third-order valence-corrected chi connectivity index (χ3v) is 4.82. The highest BCUT2D eigenvalue weighted by molar-refractivity contribution is 9.10. The molecule has 0 fully saturated rings. The van der Waals surface area contributed by atoms with Gasteiger partial charge in [-0.3, -0.25) is 0 Å². The van der Waals surface area contributed by atoms with Crippen molar-refractivity contribution in [3.05, 3.63) is 55.7 Å². The minimum Gasteiger partial charge on any atom is -0.478 e. The van der Waals surface area contributed by atoms with Gasteiger partial charge in [0.2, 0.25) is 0 Å². The quantitative estimate of drug-likeness (QED) is 0.906. The Labute approximate surface area is 117 Å². The molecule has 0 aliphatic rings. The van der Waals surface area contributed by atoms with Gasteiger partial charge in [-0.25, -0.2) is 4.79 Å². The number of hydrogen-bond acceptors (Lipinski definition) is 3. The number of aromatic carboxylic acids is 1. The van der Waals surface area contributed by atoms with Crippen molar-refractivity contribution in [3.8, 4) is 0 Å². The van der Waals surface area contributed by atoms with Gasteiger partial charge in [0.25, 0.3) is 0 Å². The van der Waals surface area contributed by atoms with E-state index in [1.54, 1.807) is 18.2 Å². The van der Waals surface area contributed by atoms with Gasteiger partial charge in [-0.2, -0.15) is 0 Å². The maximum atomic E-state index is 11.1. The van der Waals surface area contributed by atoms with Crippen LogP contribution >= 0.6 is 27.3 Å². The second-order valence-corrected chi connectivity index (χ2v) is 5.99. The standard InChI is InChI=1S/C13H11BrO3S/c1-7-10(14)6-11(18-7)12(15)8-4-2-3-5-9(8)13(16)17/h2-6,12,15H,1H3,(H,16,17). The first kappa shape index (κ1) is 13.3. The number of carboxylic acids is 1. The Hall–Kier alpha value is -1.17.